The molecule has 1 heterocycles. The molecule has 3 rings (SSSR count). The van der Waals surface area contributed by atoms with Crippen LogP contribution in [0.1, 0.15) is 56.0 Å². The van der Waals surface area contributed by atoms with Gasteiger partial charge in [0, 0.05) is 0 Å². The second kappa shape index (κ2) is 7.76. The molecule has 1 N–H and O–H groups in total. The van der Waals surface area contributed by atoms with Crippen molar-refractivity contribution >= 4 is 16.0 Å². The third kappa shape index (κ3) is 4.43. The molecule has 0 amide bonds. The molecule has 2 aromatic carbocycles. The fourth-order valence-corrected chi connectivity index (χ4v) is 5.14. The standard InChI is InChI=1S/C23H27NO4S/c1-23(2,3)18-12-10-17(11-13-18)21-19(22(25)26)14-15-20(24(21)29(4,27)28)16-8-6-5-7-9-16/h5-14,20-21H,15H2,1-4H3,(H,25,26)/t20-,21-/m0/s1. The van der Waals surface area contributed by atoms with Gasteiger partial charge in [0.1, 0.15) is 0 Å². The van der Waals surface area contributed by atoms with E-state index in [0.717, 1.165) is 17.4 Å². The topological polar surface area (TPSA) is 74.7 Å². The maximum Gasteiger partial charge on any atom is 0.333 e. The van der Waals surface area contributed by atoms with Crippen LogP contribution in [0.3, 0.4) is 0 Å². The van der Waals surface area contributed by atoms with Gasteiger partial charge in [0.2, 0.25) is 10.0 Å². The van der Waals surface area contributed by atoms with Crippen LogP contribution in [0.25, 0.3) is 0 Å². The molecule has 2 aromatic rings. The summed E-state index contributed by atoms with van der Waals surface area (Å²) in [6.45, 7) is 6.29. The molecule has 29 heavy (non-hydrogen) atoms. The fraction of sp³-hybridized carbons (Fsp3) is 0.348. The molecule has 0 aliphatic carbocycles. The van der Waals surface area contributed by atoms with E-state index >= 15 is 0 Å². The van der Waals surface area contributed by atoms with Crippen LogP contribution in [0.15, 0.2) is 66.2 Å². The summed E-state index contributed by atoms with van der Waals surface area (Å²) >= 11 is 0. The van der Waals surface area contributed by atoms with Crippen LogP contribution in [0.5, 0.6) is 0 Å². The smallest absolute Gasteiger partial charge is 0.333 e. The Balaban J connectivity index is 2.17. The molecule has 0 saturated carbocycles. The van der Waals surface area contributed by atoms with Gasteiger partial charge in [-0.1, -0.05) is 81.4 Å². The van der Waals surface area contributed by atoms with Gasteiger partial charge in [-0.2, -0.15) is 4.31 Å². The average Bonchev–Trinajstić information content (AvgIpc) is 2.66. The number of hydrogen-bond donors (Lipinski definition) is 1. The number of benzene rings is 2. The SMILES string of the molecule is CC(C)(C)c1ccc([C@H]2C(C(=O)O)=CC[C@@H](c3ccccc3)N2S(C)(=O)=O)cc1. The van der Waals surface area contributed by atoms with E-state index in [0.29, 0.717) is 12.0 Å². The molecule has 5 nitrogen and oxygen atoms in total. The monoisotopic (exact) mass is 413 g/mol. The maximum atomic E-state index is 12.9. The predicted molar refractivity (Wildman–Crippen MR) is 114 cm³/mol. The number of carbonyl (C=O) groups is 1. The zero-order valence-electron chi connectivity index (χ0n) is 17.2. The summed E-state index contributed by atoms with van der Waals surface area (Å²) in [5.41, 5.74) is 2.63. The van der Waals surface area contributed by atoms with Gasteiger partial charge in [-0.3, -0.25) is 0 Å². The third-order valence-electron chi connectivity index (χ3n) is 5.32. The molecule has 0 saturated heterocycles. The molecule has 0 unspecified atom stereocenters. The summed E-state index contributed by atoms with van der Waals surface area (Å²) in [5, 5.41) is 9.80. The third-order valence-corrected chi connectivity index (χ3v) is 6.56. The first kappa shape index (κ1) is 21.3. The Morgan fingerprint density at radius 3 is 2.07 bits per heavy atom. The molecule has 0 bridgehead atoms. The van der Waals surface area contributed by atoms with Crippen LogP contribution in [0.4, 0.5) is 0 Å². The summed E-state index contributed by atoms with van der Waals surface area (Å²) in [4.78, 5) is 12.0. The summed E-state index contributed by atoms with van der Waals surface area (Å²) < 4.78 is 27.1. The van der Waals surface area contributed by atoms with Gasteiger partial charge in [-0.15, -0.1) is 0 Å². The summed E-state index contributed by atoms with van der Waals surface area (Å²) in [6, 6.07) is 15.6. The van der Waals surface area contributed by atoms with Crippen molar-refractivity contribution in [2.75, 3.05) is 6.26 Å². The molecule has 6 heteroatoms. The minimum Gasteiger partial charge on any atom is -0.478 e. The molecule has 0 spiro atoms. The molecule has 2 atom stereocenters. The van der Waals surface area contributed by atoms with Crippen LogP contribution >= 0.6 is 0 Å². The van der Waals surface area contributed by atoms with Gasteiger partial charge in [-0.25, -0.2) is 13.2 Å². The number of rotatable bonds is 4. The van der Waals surface area contributed by atoms with Crippen molar-refractivity contribution in [1.29, 1.82) is 0 Å². The second-order valence-electron chi connectivity index (χ2n) is 8.49. The van der Waals surface area contributed by atoms with Crippen molar-refractivity contribution in [2.45, 2.75) is 44.7 Å². The van der Waals surface area contributed by atoms with E-state index in [1.165, 1.54) is 4.31 Å². The number of sulfonamides is 1. The Kier molecular flexibility index (Phi) is 5.70. The van der Waals surface area contributed by atoms with Gasteiger partial charge in [0.05, 0.1) is 23.9 Å². The first-order valence-corrected chi connectivity index (χ1v) is 11.4. The largest absolute Gasteiger partial charge is 0.478 e. The van der Waals surface area contributed by atoms with E-state index < -0.39 is 28.1 Å². The summed E-state index contributed by atoms with van der Waals surface area (Å²) in [5.74, 6) is -1.10. The van der Waals surface area contributed by atoms with Crippen LogP contribution in [-0.2, 0) is 20.2 Å². The maximum absolute atomic E-state index is 12.9. The second-order valence-corrected chi connectivity index (χ2v) is 10.4. The molecular weight excluding hydrogens is 386 g/mol. The molecule has 1 aliphatic rings. The van der Waals surface area contributed by atoms with E-state index in [1.54, 1.807) is 6.08 Å². The van der Waals surface area contributed by atoms with E-state index in [-0.39, 0.29) is 11.0 Å². The lowest BCUT2D eigenvalue weighted by Crippen LogP contribution is -2.41. The van der Waals surface area contributed by atoms with Crippen molar-refractivity contribution in [1.82, 2.24) is 4.31 Å². The van der Waals surface area contributed by atoms with Crippen molar-refractivity contribution in [3.63, 3.8) is 0 Å². The van der Waals surface area contributed by atoms with Gasteiger partial charge in [0.15, 0.2) is 0 Å². The van der Waals surface area contributed by atoms with Gasteiger partial charge in [-0.05, 0) is 28.5 Å². The Morgan fingerprint density at radius 1 is 1.00 bits per heavy atom. The van der Waals surface area contributed by atoms with E-state index in [1.807, 2.05) is 54.6 Å². The molecular formula is C23H27NO4S. The Morgan fingerprint density at radius 2 is 1.59 bits per heavy atom. The quantitative estimate of drug-likeness (QED) is 0.804. The van der Waals surface area contributed by atoms with Crippen molar-refractivity contribution in [2.24, 2.45) is 0 Å². The van der Waals surface area contributed by atoms with Crippen LogP contribution < -0.4 is 0 Å². The number of nitrogens with zero attached hydrogens (tertiary/aromatic N) is 1. The molecule has 0 radical (unpaired) electrons. The number of hydrogen-bond acceptors (Lipinski definition) is 3. The molecule has 0 aromatic heterocycles. The van der Waals surface area contributed by atoms with Crippen LogP contribution in [0.2, 0.25) is 0 Å². The number of carboxylic acid groups (broad SMARTS) is 1. The molecule has 154 valence electrons. The normalized spacial score (nSPS) is 20.9. The lowest BCUT2D eigenvalue weighted by molar-refractivity contribution is -0.133. The van der Waals surface area contributed by atoms with Gasteiger partial charge in [0.25, 0.3) is 0 Å². The Hall–Kier alpha value is -2.44. The zero-order chi connectivity index (χ0) is 21.4. The first-order chi connectivity index (χ1) is 13.5. The highest BCUT2D eigenvalue weighted by Crippen LogP contribution is 2.44. The molecule has 0 fully saturated rings. The fourth-order valence-electron chi connectivity index (χ4n) is 3.85. The van der Waals surface area contributed by atoms with Crippen molar-refractivity contribution < 1.29 is 18.3 Å². The molecule has 1 aliphatic heterocycles. The van der Waals surface area contributed by atoms with E-state index in [9.17, 15) is 18.3 Å². The highest BCUT2D eigenvalue weighted by molar-refractivity contribution is 7.88. The predicted octanol–water partition coefficient (Wildman–Crippen LogP) is 4.44. The Bertz CT molecular complexity index is 1020. The van der Waals surface area contributed by atoms with Crippen LogP contribution in [-0.4, -0.2) is 30.1 Å². The lowest BCUT2D eigenvalue weighted by atomic mass is 9.84. The number of carboxylic acids is 1. The Labute approximate surface area is 172 Å². The highest BCUT2D eigenvalue weighted by Gasteiger charge is 2.42. The van der Waals surface area contributed by atoms with E-state index in [4.69, 9.17) is 0 Å². The summed E-state index contributed by atoms with van der Waals surface area (Å²) in [6.07, 6.45) is 3.11. The van der Waals surface area contributed by atoms with Crippen molar-refractivity contribution in [3.8, 4) is 0 Å². The first-order valence-electron chi connectivity index (χ1n) is 9.57. The van der Waals surface area contributed by atoms with E-state index in [2.05, 4.69) is 20.8 Å². The minimum atomic E-state index is -3.70. The number of aliphatic carboxylic acids is 1. The van der Waals surface area contributed by atoms with Gasteiger partial charge >= 0.3 is 5.97 Å². The zero-order valence-corrected chi connectivity index (χ0v) is 18.0. The highest BCUT2D eigenvalue weighted by atomic mass is 32.2. The average molecular weight is 414 g/mol. The van der Waals surface area contributed by atoms with Gasteiger partial charge < -0.3 is 5.11 Å². The van der Waals surface area contributed by atoms with Crippen molar-refractivity contribution in [3.05, 3.63) is 82.9 Å². The minimum absolute atomic E-state index is 0.0559. The van der Waals surface area contributed by atoms with Crippen LogP contribution in [0, 0.1) is 0 Å². The lowest BCUT2D eigenvalue weighted by Gasteiger charge is -2.40. The summed E-state index contributed by atoms with van der Waals surface area (Å²) in [7, 11) is -3.70.